The van der Waals surface area contributed by atoms with Crippen LogP contribution in [0.15, 0.2) is 47.1 Å². The normalized spacial score (nSPS) is 9.95. The first-order valence-corrected chi connectivity index (χ1v) is 6.54. The third kappa shape index (κ3) is 4.68. The van der Waals surface area contributed by atoms with E-state index in [0.717, 1.165) is 5.56 Å². The van der Waals surface area contributed by atoms with Crippen molar-refractivity contribution in [1.29, 1.82) is 0 Å². The highest BCUT2D eigenvalue weighted by Gasteiger charge is 2.04. The fraction of sp³-hybridized carbons (Fsp3) is 0.200. The summed E-state index contributed by atoms with van der Waals surface area (Å²) < 4.78 is 5.12. The van der Waals surface area contributed by atoms with Gasteiger partial charge >= 0.3 is 6.03 Å². The van der Waals surface area contributed by atoms with Crippen LogP contribution in [0.5, 0.6) is 0 Å². The van der Waals surface area contributed by atoms with Crippen LogP contribution in [0.2, 0.25) is 0 Å². The molecule has 110 valence electrons. The molecule has 0 aliphatic heterocycles. The van der Waals surface area contributed by atoms with E-state index < -0.39 is 0 Å². The molecule has 0 aliphatic carbocycles. The van der Waals surface area contributed by atoms with E-state index in [-0.39, 0.29) is 11.9 Å². The summed E-state index contributed by atoms with van der Waals surface area (Å²) in [7, 11) is 1.60. The highest BCUT2D eigenvalue weighted by atomic mass is 16.3. The lowest BCUT2D eigenvalue weighted by Crippen LogP contribution is -2.28. The van der Waals surface area contributed by atoms with E-state index in [1.54, 1.807) is 49.7 Å². The second-order valence-electron chi connectivity index (χ2n) is 4.43. The molecule has 6 nitrogen and oxygen atoms in total. The van der Waals surface area contributed by atoms with Crippen LogP contribution in [-0.4, -0.2) is 19.0 Å². The van der Waals surface area contributed by atoms with Gasteiger partial charge in [0, 0.05) is 12.7 Å². The number of furan rings is 1. The van der Waals surface area contributed by atoms with Gasteiger partial charge in [-0.05, 0) is 29.8 Å². The summed E-state index contributed by atoms with van der Waals surface area (Å²) in [6.07, 6.45) is 1.88. The molecule has 1 aromatic carbocycles. The van der Waals surface area contributed by atoms with Crippen LogP contribution in [0.25, 0.3) is 0 Å². The summed E-state index contributed by atoms with van der Waals surface area (Å²) in [4.78, 5) is 22.9. The summed E-state index contributed by atoms with van der Waals surface area (Å²) >= 11 is 0. The predicted octanol–water partition coefficient (Wildman–Crippen LogP) is 1.89. The van der Waals surface area contributed by atoms with Crippen LogP contribution in [-0.2, 0) is 17.8 Å². The van der Waals surface area contributed by atoms with Crippen LogP contribution in [0.1, 0.15) is 11.3 Å². The quantitative estimate of drug-likeness (QED) is 0.785. The molecule has 0 saturated heterocycles. The first-order valence-electron chi connectivity index (χ1n) is 6.54. The Hall–Kier alpha value is -2.76. The van der Waals surface area contributed by atoms with E-state index in [1.165, 1.54) is 0 Å². The van der Waals surface area contributed by atoms with Gasteiger partial charge in [0.1, 0.15) is 5.76 Å². The van der Waals surface area contributed by atoms with Gasteiger partial charge in [-0.25, -0.2) is 4.79 Å². The number of nitrogens with one attached hydrogen (secondary N) is 3. The largest absolute Gasteiger partial charge is 0.467 e. The summed E-state index contributed by atoms with van der Waals surface area (Å²) in [6, 6.07) is 10.4. The zero-order valence-corrected chi connectivity index (χ0v) is 11.7. The van der Waals surface area contributed by atoms with Crippen LogP contribution in [0.4, 0.5) is 10.5 Å². The number of benzene rings is 1. The van der Waals surface area contributed by atoms with Crippen molar-refractivity contribution < 1.29 is 14.0 Å². The number of carbonyl (C=O) groups excluding carboxylic acids is 2. The number of rotatable bonds is 5. The summed E-state index contributed by atoms with van der Waals surface area (Å²) in [5, 5.41) is 7.95. The maximum Gasteiger partial charge on any atom is 0.319 e. The van der Waals surface area contributed by atoms with Crippen molar-refractivity contribution in [3.8, 4) is 0 Å². The number of amides is 3. The summed E-state index contributed by atoms with van der Waals surface area (Å²) in [6.45, 7) is 0.327. The Morgan fingerprint density at radius 1 is 1.14 bits per heavy atom. The van der Waals surface area contributed by atoms with E-state index in [2.05, 4.69) is 16.0 Å². The molecule has 2 aromatic rings. The average Bonchev–Trinajstić information content (AvgIpc) is 3.00. The molecule has 1 aromatic heterocycles. The second-order valence-corrected chi connectivity index (χ2v) is 4.43. The zero-order chi connectivity index (χ0) is 15.1. The van der Waals surface area contributed by atoms with Crippen molar-refractivity contribution in [3.05, 3.63) is 54.0 Å². The molecule has 3 amide bonds. The highest BCUT2D eigenvalue weighted by Crippen LogP contribution is 2.10. The molecule has 0 fully saturated rings. The smallest absolute Gasteiger partial charge is 0.319 e. The molecule has 0 aliphatic rings. The third-order valence-corrected chi connectivity index (χ3v) is 2.86. The van der Waals surface area contributed by atoms with Crippen molar-refractivity contribution in [2.75, 3.05) is 12.4 Å². The van der Waals surface area contributed by atoms with Gasteiger partial charge in [-0.3, -0.25) is 4.79 Å². The van der Waals surface area contributed by atoms with E-state index in [4.69, 9.17) is 4.42 Å². The van der Waals surface area contributed by atoms with E-state index in [9.17, 15) is 9.59 Å². The standard InChI is InChI=1S/C15H17N3O3/c1-16-14(19)9-11-4-6-12(7-5-11)18-15(20)17-10-13-3-2-8-21-13/h2-8H,9-10H2,1H3,(H,16,19)(H2,17,18,20). The molecule has 6 heteroatoms. The molecule has 0 atom stereocenters. The van der Waals surface area contributed by atoms with Gasteiger partial charge in [0.2, 0.25) is 5.91 Å². The Balaban J connectivity index is 1.82. The lowest BCUT2D eigenvalue weighted by Gasteiger charge is -2.07. The summed E-state index contributed by atoms with van der Waals surface area (Å²) in [5.74, 6) is 0.637. The van der Waals surface area contributed by atoms with Gasteiger partial charge in [-0.2, -0.15) is 0 Å². The molecule has 0 radical (unpaired) electrons. The van der Waals surface area contributed by atoms with Crippen LogP contribution in [0.3, 0.4) is 0 Å². The van der Waals surface area contributed by atoms with Crippen molar-refractivity contribution in [2.24, 2.45) is 0 Å². The fourth-order valence-corrected chi connectivity index (χ4v) is 1.74. The van der Waals surface area contributed by atoms with Gasteiger partial charge in [0.25, 0.3) is 0 Å². The molecule has 2 rings (SSSR count). The van der Waals surface area contributed by atoms with Crippen molar-refractivity contribution in [3.63, 3.8) is 0 Å². The second kappa shape index (κ2) is 7.14. The SMILES string of the molecule is CNC(=O)Cc1ccc(NC(=O)NCc2ccco2)cc1. The summed E-state index contributed by atoms with van der Waals surface area (Å²) in [5.41, 5.74) is 1.54. The number of anilines is 1. The Bertz CT molecular complexity index is 591. The Labute approximate surface area is 122 Å². The minimum atomic E-state index is -0.314. The van der Waals surface area contributed by atoms with Gasteiger partial charge < -0.3 is 20.4 Å². The number of urea groups is 1. The first kappa shape index (κ1) is 14.6. The Morgan fingerprint density at radius 3 is 2.52 bits per heavy atom. The molecule has 0 bridgehead atoms. The molecule has 0 unspecified atom stereocenters. The molecule has 1 heterocycles. The monoisotopic (exact) mass is 287 g/mol. The average molecular weight is 287 g/mol. The van der Waals surface area contributed by atoms with Crippen LogP contribution in [0, 0.1) is 0 Å². The van der Waals surface area contributed by atoms with Gasteiger partial charge in [-0.1, -0.05) is 12.1 Å². The Kier molecular flexibility index (Phi) is 4.98. The molecule has 0 spiro atoms. The minimum Gasteiger partial charge on any atom is -0.467 e. The topological polar surface area (TPSA) is 83.4 Å². The Morgan fingerprint density at radius 2 is 1.90 bits per heavy atom. The molecule has 3 N–H and O–H groups in total. The molecular weight excluding hydrogens is 270 g/mol. The zero-order valence-electron chi connectivity index (χ0n) is 11.7. The van der Waals surface area contributed by atoms with Gasteiger partial charge in [-0.15, -0.1) is 0 Å². The minimum absolute atomic E-state index is 0.0492. The molecule has 0 saturated carbocycles. The van der Waals surface area contributed by atoms with Crippen molar-refractivity contribution >= 4 is 17.6 Å². The van der Waals surface area contributed by atoms with Crippen molar-refractivity contribution in [1.82, 2.24) is 10.6 Å². The number of hydrogen-bond donors (Lipinski definition) is 3. The number of carbonyl (C=O) groups is 2. The van der Waals surface area contributed by atoms with Gasteiger partial charge in [0.15, 0.2) is 0 Å². The van der Waals surface area contributed by atoms with E-state index in [0.29, 0.717) is 24.4 Å². The molecule has 21 heavy (non-hydrogen) atoms. The first-order chi connectivity index (χ1) is 10.2. The van der Waals surface area contributed by atoms with Crippen molar-refractivity contribution in [2.45, 2.75) is 13.0 Å². The van der Waals surface area contributed by atoms with Gasteiger partial charge in [0.05, 0.1) is 19.2 Å². The highest BCUT2D eigenvalue weighted by molar-refractivity contribution is 5.89. The van der Waals surface area contributed by atoms with E-state index >= 15 is 0 Å². The number of likely N-dealkylation sites (N-methyl/N-ethyl adjacent to an activating group) is 1. The maximum atomic E-state index is 11.7. The maximum absolute atomic E-state index is 11.7. The number of hydrogen-bond acceptors (Lipinski definition) is 3. The van der Waals surface area contributed by atoms with Crippen LogP contribution < -0.4 is 16.0 Å². The third-order valence-electron chi connectivity index (χ3n) is 2.86. The fourth-order valence-electron chi connectivity index (χ4n) is 1.74. The molecular formula is C15H17N3O3. The lowest BCUT2D eigenvalue weighted by molar-refractivity contribution is -0.119. The predicted molar refractivity (Wildman–Crippen MR) is 78.8 cm³/mol. The van der Waals surface area contributed by atoms with Crippen LogP contribution >= 0.6 is 0 Å². The lowest BCUT2D eigenvalue weighted by atomic mass is 10.1. The van der Waals surface area contributed by atoms with E-state index in [1.807, 2.05) is 0 Å².